The minimum Gasteiger partial charge on any atom is -0.337 e. The van der Waals surface area contributed by atoms with Gasteiger partial charge in [-0.05, 0) is 38.3 Å². The Hall–Kier alpha value is -1.72. The molecule has 1 aromatic carbocycles. The molecule has 2 aromatic rings. The van der Waals surface area contributed by atoms with Crippen LogP contribution in [0.4, 0.5) is 0 Å². The maximum Gasteiger partial charge on any atom is 0.253 e. The van der Waals surface area contributed by atoms with Crippen molar-refractivity contribution in [3.8, 4) is 0 Å². The van der Waals surface area contributed by atoms with Crippen LogP contribution >= 0.6 is 11.3 Å². The highest BCUT2D eigenvalue weighted by Gasteiger charge is 2.20. The number of carbonyl (C=O) groups is 1. The first-order chi connectivity index (χ1) is 12.7. The molecule has 0 spiro atoms. The smallest absolute Gasteiger partial charge is 0.253 e. The summed E-state index contributed by atoms with van der Waals surface area (Å²) in [6.07, 6.45) is 4.54. The molecule has 0 atom stereocenters. The lowest BCUT2D eigenvalue weighted by molar-refractivity contribution is 0.0761. The van der Waals surface area contributed by atoms with E-state index >= 15 is 0 Å². The first-order valence-corrected chi connectivity index (χ1v) is 10.5. The molecule has 0 radical (unpaired) electrons. The standard InChI is InChI=1S/C21H29N3OS/c1-3-4-9-20-22-19(16-26-20)15-23-10-6-11-24(13-12-23)21(25)18-8-5-7-17(2)14-18/h5,7-8,14,16H,3-4,6,9-13,15H2,1-2H3. The summed E-state index contributed by atoms with van der Waals surface area (Å²) in [4.78, 5) is 22.0. The highest BCUT2D eigenvalue weighted by molar-refractivity contribution is 7.09. The number of hydrogen-bond donors (Lipinski definition) is 0. The molecule has 1 amide bonds. The van der Waals surface area contributed by atoms with Crippen LogP contribution < -0.4 is 0 Å². The van der Waals surface area contributed by atoms with E-state index in [1.54, 1.807) is 11.3 Å². The van der Waals surface area contributed by atoms with Gasteiger partial charge in [-0.1, -0.05) is 31.0 Å². The normalized spacial score (nSPS) is 15.8. The van der Waals surface area contributed by atoms with Crippen molar-refractivity contribution in [1.82, 2.24) is 14.8 Å². The molecule has 0 unspecified atom stereocenters. The summed E-state index contributed by atoms with van der Waals surface area (Å²) < 4.78 is 0. The first kappa shape index (κ1) is 19.1. The van der Waals surface area contributed by atoms with E-state index < -0.39 is 0 Å². The number of nitrogens with zero attached hydrogens (tertiary/aromatic N) is 3. The fraction of sp³-hybridized carbons (Fsp3) is 0.524. The second kappa shape index (κ2) is 9.28. The van der Waals surface area contributed by atoms with Gasteiger partial charge >= 0.3 is 0 Å². The average Bonchev–Trinajstić information content (AvgIpc) is 2.95. The third-order valence-electron chi connectivity index (χ3n) is 4.87. The predicted molar refractivity (Wildman–Crippen MR) is 108 cm³/mol. The Labute approximate surface area is 160 Å². The van der Waals surface area contributed by atoms with E-state index in [1.807, 2.05) is 36.1 Å². The number of thiazole rings is 1. The second-order valence-corrected chi connectivity index (χ2v) is 8.07. The zero-order valence-corrected chi connectivity index (χ0v) is 16.7. The van der Waals surface area contributed by atoms with Gasteiger partial charge in [0.2, 0.25) is 0 Å². The van der Waals surface area contributed by atoms with Crippen LogP contribution in [0, 0.1) is 6.92 Å². The molecule has 0 bridgehead atoms. The largest absolute Gasteiger partial charge is 0.337 e. The number of aromatic nitrogens is 1. The third-order valence-corrected chi connectivity index (χ3v) is 5.83. The number of amides is 1. The van der Waals surface area contributed by atoms with Gasteiger partial charge in [0.05, 0.1) is 10.7 Å². The molecule has 1 aromatic heterocycles. The molecule has 5 heteroatoms. The van der Waals surface area contributed by atoms with Gasteiger partial charge in [0, 0.05) is 43.7 Å². The number of carbonyl (C=O) groups excluding carboxylic acids is 1. The monoisotopic (exact) mass is 371 g/mol. The van der Waals surface area contributed by atoms with Gasteiger partial charge < -0.3 is 4.90 Å². The molecule has 4 nitrogen and oxygen atoms in total. The predicted octanol–water partition coefficient (Wildman–Crippen LogP) is 4.14. The topological polar surface area (TPSA) is 36.4 Å². The average molecular weight is 372 g/mol. The lowest BCUT2D eigenvalue weighted by atomic mass is 10.1. The van der Waals surface area contributed by atoms with E-state index in [0.717, 1.165) is 56.7 Å². The number of rotatable bonds is 6. The molecule has 1 aliphatic rings. The Morgan fingerprint density at radius 3 is 2.92 bits per heavy atom. The number of unbranched alkanes of at least 4 members (excludes halogenated alkanes) is 1. The van der Waals surface area contributed by atoms with Gasteiger partial charge in [-0.3, -0.25) is 9.69 Å². The molecule has 26 heavy (non-hydrogen) atoms. The van der Waals surface area contributed by atoms with Crippen molar-refractivity contribution in [2.24, 2.45) is 0 Å². The van der Waals surface area contributed by atoms with Crippen molar-refractivity contribution in [3.63, 3.8) is 0 Å². The Bertz CT molecular complexity index is 728. The minimum atomic E-state index is 0.158. The summed E-state index contributed by atoms with van der Waals surface area (Å²) in [7, 11) is 0. The SMILES string of the molecule is CCCCc1nc(CN2CCCN(C(=O)c3cccc(C)c3)CC2)cs1. The summed E-state index contributed by atoms with van der Waals surface area (Å²) in [5.74, 6) is 0.158. The molecule has 1 fully saturated rings. The van der Waals surface area contributed by atoms with Crippen molar-refractivity contribution in [1.29, 1.82) is 0 Å². The van der Waals surface area contributed by atoms with Gasteiger partial charge in [-0.25, -0.2) is 4.98 Å². The molecule has 1 saturated heterocycles. The Morgan fingerprint density at radius 1 is 1.23 bits per heavy atom. The molecule has 0 aliphatic carbocycles. The van der Waals surface area contributed by atoms with Crippen LogP contribution in [0.15, 0.2) is 29.6 Å². The molecule has 3 rings (SSSR count). The molecule has 0 saturated carbocycles. The van der Waals surface area contributed by atoms with Gasteiger partial charge in [-0.15, -0.1) is 11.3 Å². The van der Waals surface area contributed by atoms with Crippen molar-refractivity contribution >= 4 is 17.2 Å². The zero-order valence-electron chi connectivity index (χ0n) is 15.9. The van der Waals surface area contributed by atoms with Crippen molar-refractivity contribution in [2.75, 3.05) is 26.2 Å². The van der Waals surface area contributed by atoms with Crippen LogP contribution in [0.1, 0.15) is 52.8 Å². The van der Waals surface area contributed by atoms with Crippen LogP contribution in [-0.4, -0.2) is 46.9 Å². The quantitative estimate of drug-likeness (QED) is 0.766. The summed E-state index contributed by atoms with van der Waals surface area (Å²) in [5, 5.41) is 3.46. The molecular weight excluding hydrogens is 342 g/mol. The summed E-state index contributed by atoms with van der Waals surface area (Å²) in [5.41, 5.74) is 3.12. The third kappa shape index (κ3) is 5.15. The van der Waals surface area contributed by atoms with Crippen LogP contribution in [0.5, 0.6) is 0 Å². The van der Waals surface area contributed by atoms with Crippen LogP contribution in [-0.2, 0) is 13.0 Å². The van der Waals surface area contributed by atoms with Gasteiger partial charge in [0.25, 0.3) is 5.91 Å². The van der Waals surface area contributed by atoms with Crippen LogP contribution in [0.3, 0.4) is 0 Å². The fourth-order valence-electron chi connectivity index (χ4n) is 3.39. The maximum absolute atomic E-state index is 12.8. The lowest BCUT2D eigenvalue weighted by Crippen LogP contribution is -2.35. The van der Waals surface area contributed by atoms with E-state index in [-0.39, 0.29) is 5.91 Å². The summed E-state index contributed by atoms with van der Waals surface area (Å²) in [6, 6.07) is 7.90. The molecular formula is C21H29N3OS. The van der Waals surface area contributed by atoms with E-state index in [1.165, 1.54) is 23.5 Å². The van der Waals surface area contributed by atoms with Crippen molar-refractivity contribution < 1.29 is 4.79 Å². The van der Waals surface area contributed by atoms with Crippen molar-refractivity contribution in [3.05, 3.63) is 51.5 Å². The Morgan fingerprint density at radius 2 is 2.12 bits per heavy atom. The van der Waals surface area contributed by atoms with E-state index in [4.69, 9.17) is 4.98 Å². The Kier molecular flexibility index (Phi) is 6.80. The maximum atomic E-state index is 12.8. The number of hydrogen-bond acceptors (Lipinski definition) is 4. The molecule has 140 valence electrons. The highest BCUT2D eigenvalue weighted by atomic mass is 32.1. The summed E-state index contributed by atoms with van der Waals surface area (Å²) >= 11 is 1.79. The molecule has 2 heterocycles. The van der Waals surface area contributed by atoms with E-state index in [2.05, 4.69) is 17.2 Å². The molecule has 1 aliphatic heterocycles. The number of benzene rings is 1. The fourth-order valence-corrected chi connectivity index (χ4v) is 4.22. The first-order valence-electron chi connectivity index (χ1n) is 9.67. The van der Waals surface area contributed by atoms with E-state index in [0.29, 0.717) is 0 Å². The summed E-state index contributed by atoms with van der Waals surface area (Å²) in [6.45, 7) is 8.72. The van der Waals surface area contributed by atoms with Gasteiger partial charge in [0.1, 0.15) is 0 Å². The minimum absolute atomic E-state index is 0.158. The number of aryl methyl sites for hydroxylation is 2. The van der Waals surface area contributed by atoms with Crippen LogP contribution in [0.2, 0.25) is 0 Å². The zero-order chi connectivity index (χ0) is 18.4. The second-order valence-electron chi connectivity index (χ2n) is 7.13. The van der Waals surface area contributed by atoms with E-state index in [9.17, 15) is 4.79 Å². The van der Waals surface area contributed by atoms with Gasteiger partial charge in [-0.2, -0.15) is 0 Å². The molecule has 0 N–H and O–H groups in total. The lowest BCUT2D eigenvalue weighted by Gasteiger charge is -2.21. The van der Waals surface area contributed by atoms with Gasteiger partial charge in [0.15, 0.2) is 0 Å². The highest BCUT2D eigenvalue weighted by Crippen LogP contribution is 2.16. The Balaban J connectivity index is 1.54. The van der Waals surface area contributed by atoms with Crippen molar-refractivity contribution in [2.45, 2.75) is 46.1 Å². The van der Waals surface area contributed by atoms with Crippen LogP contribution in [0.25, 0.3) is 0 Å².